The van der Waals surface area contributed by atoms with Gasteiger partial charge in [-0.1, -0.05) is 42.5 Å². The lowest BCUT2D eigenvalue weighted by Crippen LogP contribution is -1.95. The fraction of sp³-hybridized carbons (Fsp3) is 0.0625. The van der Waals surface area contributed by atoms with Gasteiger partial charge in [0.15, 0.2) is 5.78 Å². The van der Waals surface area contributed by atoms with Crippen LogP contribution < -0.4 is 0 Å². The Kier molecular flexibility index (Phi) is 2.49. The van der Waals surface area contributed by atoms with E-state index in [1.807, 2.05) is 42.5 Å². The molecule has 0 radical (unpaired) electrons. The number of aromatic amines is 1. The standard InChI is InChI=1S/C16H13NO/c1-11(18)13-7-3-4-8-14(13)16-10-12-6-2-5-9-15(12)17-16/h2-10,17H,1H3. The maximum atomic E-state index is 11.6. The van der Waals surface area contributed by atoms with Gasteiger partial charge in [-0.2, -0.15) is 0 Å². The van der Waals surface area contributed by atoms with Crippen molar-refractivity contribution in [3.05, 3.63) is 60.2 Å². The van der Waals surface area contributed by atoms with Crippen LogP contribution in [0.2, 0.25) is 0 Å². The van der Waals surface area contributed by atoms with Crippen LogP contribution in [0.3, 0.4) is 0 Å². The molecule has 3 aromatic rings. The number of carbonyl (C=O) groups is 1. The summed E-state index contributed by atoms with van der Waals surface area (Å²) in [7, 11) is 0. The lowest BCUT2D eigenvalue weighted by molar-refractivity contribution is 0.101. The number of rotatable bonds is 2. The van der Waals surface area contributed by atoms with E-state index in [9.17, 15) is 4.79 Å². The van der Waals surface area contributed by atoms with Crippen LogP contribution >= 0.6 is 0 Å². The number of aromatic nitrogens is 1. The van der Waals surface area contributed by atoms with Crippen LogP contribution in [-0.2, 0) is 0 Å². The fourth-order valence-electron chi connectivity index (χ4n) is 2.24. The molecule has 0 aliphatic carbocycles. The molecule has 88 valence electrons. The Morgan fingerprint density at radius 2 is 1.72 bits per heavy atom. The highest BCUT2D eigenvalue weighted by molar-refractivity contribution is 6.01. The highest BCUT2D eigenvalue weighted by Crippen LogP contribution is 2.27. The van der Waals surface area contributed by atoms with Crippen molar-refractivity contribution in [1.29, 1.82) is 0 Å². The molecule has 0 saturated heterocycles. The van der Waals surface area contributed by atoms with Gasteiger partial charge < -0.3 is 4.98 Å². The zero-order valence-corrected chi connectivity index (χ0v) is 10.1. The summed E-state index contributed by atoms with van der Waals surface area (Å²) >= 11 is 0. The van der Waals surface area contributed by atoms with Gasteiger partial charge in [-0.3, -0.25) is 4.79 Å². The Morgan fingerprint density at radius 3 is 2.50 bits per heavy atom. The Labute approximate surface area is 105 Å². The van der Waals surface area contributed by atoms with E-state index < -0.39 is 0 Å². The fourth-order valence-corrected chi connectivity index (χ4v) is 2.24. The minimum Gasteiger partial charge on any atom is -0.355 e. The van der Waals surface area contributed by atoms with E-state index in [0.717, 1.165) is 27.7 Å². The van der Waals surface area contributed by atoms with Crippen molar-refractivity contribution in [2.24, 2.45) is 0 Å². The van der Waals surface area contributed by atoms with Crippen LogP contribution in [0.5, 0.6) is 0 Å². The zero-order valence-electron chi connectivity index (χ0n) is 10.1. The number of hydrogen-bond acceptors (Lipinski definition) is 1. The molecule has 0 fully saturated rings. The summed E-state index contributed by atoms with van der Waals surface area (Å²) in [4.78, 5) is 15.0. The second-order valence-electron chi connectivity index (χ2n) is 4.37. The van der Waals surface area contributed by atoms with Crippen LogP contribution in [0.15, 0.2) is 54.6 Å². The van der Waals surface area contributed by atoms with Crippen molar-refractivity contribution in [2.45, 2.75) is 6.92 Å². The third-order valence-electron chi connectivity index (χ3n) is 3.13. The zero-order chi connectivity index (χ0) is 12.5. The van der Waals surface area contributed by atoms with Crippen molar-refractivity contribution >= 4 is 16.7 Å². The monoisotopic (exact) mass is 235 g/mol. The van der Waals surface area contributed by atoms with Gasteiger partial charge in [0.1, 0.15) is 0 Å². The molecule has 0 amide bonds. The van der Waals surface area contributed by atoms with Crippen LogP contribution in [0.1, 0.15) is 17.3 Å². The van der Waals surface area contributed by atoms with E-state index in [-0.39, 0.29) is 5.78 Å². The van der Waals surface area contributed by atoms with Crippen LogP contribution in [0.25, 0.3) is 22.2 Å². The Bertz CT molecular complexity index is 692. The summed E-state index contributed by atoms with van der Waals surface area (Å²) in [6.07, 6.45) is 0. The summed E-state index contributed by atoms with van der Waals surface area (Å²) in [5.74, 6) is 0.0873. The number of fused-ring (bicyclic) bond motifs is 1. The first-order chi connectivity index (χ1) is 8.75. The Morgan fingerprint density at radius 1 is 1.00 bits per heavy atom. The van der Waals surface area contributed by atoms with Gasteiger partial charge in [0.05, 0.1) is 0 Å². The number of nitrogens with one attached hydrogen (secondary N) is 1. The van der Waals surface area contributed by atoms with Gasteiger partial charge in [0.2, 0.25) is 0 Å². The van der Waals surface area contributed by atoms with Gasteiger partial charge in [0.25, 0.3) is 0 Å². The molecule has 0 saturated carbocycles. The third-order valence-corrected chi connectivity index (χ3v) is 3.13. The second-order valence-corrected chi connectivity index (χ2v) is 4.37. The summed E-state index contributed by atoms with van der Waals surface area (Å²) < 4.78 is 0. The quantitative estimate of drug-likeness (QED) is 0.668. The molecule has 0 atom stereocenters. The van der Waals surface area contributed by atoms with Crippen molar-refractivity contribution in [3.63, 3.8) is 0 Å². The first-order valence-corrected chi connectivity index (χ1v) is 5.94. The number of carbonyl (C=O) groups excluding carboxylic acids is 1. The average Bonchev–Trinajstić information content (AvgIpc) is 2.82. The number of H-pyrrole nitrogens is 1. The maximum Gasteiger partial charge on any atom is 0.160 e. The molecule has 3 rings (SSSR count). The van der Waals surface area contributed by atoms with E-state index in [1.165, 1.54) is 0 Å². The summed E-state index contributed by atoms with van der Waals surface area (Å²) in [5, 5.41) is 1.16. The van der Waals surface area contributed by atoms with E-state index in [4.69, 9.17) is 0 Å². The third kappa shape index (κ3) is 1.72. The molecule has 2 heteroatoms. The SMILES string of the molecule is CC(=O)c1ccccc1-c1cc2ccccc2[nH]1. The second kappa shape index (κ2) is 4.15. The highest BCUT2D eigenvalue weighted by Gasteiger charge is 2.10. The van der Waals surface area contributed by atoms with Gasteiger partial charge in [-0.05, 0) is 19.1 Å². The number of hydrogen-bond donors (Lipinski definition) is 1. The van der Waals surface area contributed by atoms with Crippen molar-refractivity contribution in [1.82, 2.24) is 4.98 Å². The molecule has 0 bridgehead atoms. The molecule has 0 aliphatic heterocycles. The van der Waals surface area contributed by atoms with E-state index >= 15 is 0 Å². The molecule has 2 nitrogen and oxygen atoms in total. The Hall–Kier alpha value is -2.35. The smallest absolute Gasteiger partial charge is 0.160 e. The molecule has 1 aromatic heterocycles. The first-order valence-electron chi connectivity index (χ1n) is 5.94. The van der Waals surface area contributed by atoms with Crippen LogP contribution in [-0.4, -0.2) is 10.8 Å². The Balaban J connectivity index is 2.23. The van der Waals surface area contributed by atoms with Gasteiger partial charge in [0, 0.05) is 27.7 Å². The molecular formula is C16H13NO. The molecule has 1 N–H and O–H groups in total. The van der Waals surface area contributed by atoms with Crippen molar-refractivity contribution in [3.8, 4) is 11.3 Å². The van der Waals surface area contributed by atoms with E-state index in [2.05, 4.69) is 17.1 Å². The molecule has 0 unspecified atom stereocenters. The predicted octanol–water partition coefficient (Wildman–Crippen LogP) is 4.04. The summed E-state index contributed by atoms with van der Waals surface area (Å²) in [6, 6.07) is 17.9. The van der Waals surface area contributed by atoms with Gasteiger partial charge in [-0.15, -0.1) is 0 Å². The molecule has 2 aromatic carbocycles. The minimum absolute atomic E-state index is 0.0873. The lowest BCUT2D eigenvalue weighted by atomic mass is 10.0. The molecule has 1 heterocycles. The normalized spacial score (nSPS) is 10.7. The van der Waals surface area contributed by atoms with Crippen LogP contribution in [0, 0.1) is 0 Å². The summed E-state index contributed by atoms with van der Waals surface area (Å²) in [6.45, 7) is 1.60. The first kappa shape index (κ1) is 10.8. The molecular weight excluding hydrogens is 222 g/mol. The van der Waals surface area contributed by atoms with Crippen LogP contribution in [0.4, 0.5) is 0 Å². The van der Waals surface area contributed by atoms with E-state index in [0.29, 0.717) is 0 Å². The number of ketones is 1. The van der Waals surface area contributed by atoms with Crippen molar-refractivity contribution in [2.75, 3.05) is 0 Å². The predicted molar refractivity (Wildman–Crippen MR) is 73.7 cm³/mol. The average molecular weight is 235 g/mol. The minimum atomic E-state index is 0.0873. The van der Waals surface area contributed by atoms with Crippen molar-refractivity contribution < 1.29 is 4.79 Å². The highest BCUT2D eigenvalue weighted by atomic mass is 16.1. The summed E-state index contributed by atoms with van der Waals surface area (Å²) in [5.41, 5.74) is 3.79. The largest absolute Gasteiger partial charge is 0.355 e. The maximum absolute atomic E-state index is 11.6. The van der Waals surface area contributed by atoms with E-state index in [1.54, 1.807) is 6.92 Å². The number of benzene rings is 2. The lowest BCUT2D eigenvalue weighted by Gasteiger charge is -2.03. The topological polar surface area (TPSA) is 32.9 Å². The van der Waals surface area contributed by atoms with Gasteiger partial charge in [-0.25, -0.2) is 0 Å². The molecule has 0 aliphatic rings. The molecule has 18 heavy (non-hydrogen) atoms. The number of Topliss-reactive ketones (excluding diaryl/α,β-unsaturated/α-hetero) is 1. The van der Waals surface area contributed by atoms with Gasteiger partial charge >= 0.3 is 0 Å². The molecule has 0 spiro atoms. The number of para-hydroxylation sites is 1.